The zero-order valence-corrected chi connectivity index (χ0v) is 11.4. The molecule has 0 aliphatic rings. The largest absolute Gasteiger partial charge is 0.463 e. The Labute approximate surface area is 108 Å². The topological polar surface area (TPSA) is 52.6 Å². The molecule has 0 spiro atoms. The standard InChI is InChI=1S/C14H20O4/c1-5-17-13(15)11(3)9-7-8-10-12(4)14(16)18-6-2/h7-10H,5-6H2,1-4H3/b8-7+,11-9+,12-10+. The van der Waals surface area contributed by atoms with Gasteiger partial charge in [-0.15, -0.1) is 0 Å². The van der Waals surface area contributed by atoms with Gasteiger partial charge in [-0.05, 0) is 27.7 Å². The zero-order valence-electron chi connectivity index (χ0n) is 11.4. The van der Waals surface area contributed by atoms with Crippen LogP contribution in [0.15, 0.2) is 35.5 Å². The highest BCUT2D eigenvalue weighted by molar-refractivity contribution is 5.88. The van der Waals surface area contributed by atoms with Crippen molar-refractivity contribution in [1.29, 1.82) is 0 Å². The molecular weight excluding hydrogens is 232 g/mol. The van der Waals surface area contributed by atoms with Gasteiger partial charge in [-0.25, -0.2) is 9.59 Å². The zero-order chi connectivity index (χ0) is 14.0. The second-order valence-corrected chi connectivity index (χ2v) is 3.53. The maximum absolute atomic E-state index is 11.3. The van der Waals surface area contributed by atoms with Crippen molar-refractivity contribution in [2.45, 2.75) is 27.7 Å². The van der Waals surface area contributed by atoms with Crippen LogP contribution >= 0.6 is 0 Å². The van der Waals surface area contributed by atoms with Gasteiger partial charge in [-0.1, -0.05) is 24.3 Å². The van der Waals surface area contributed by atoms with E-state index in [0.717, 1.165) is 0 Å². The molecule has 0 amide bonds. The number of hydrogen-bond acceptors (Lipinski definition) is 4. The molecule has 0 aromatic heterocycles. The molecular formula is C14H20O4. The first kappa shape index (κ1) is 16.2. The molecule has 4 heteroatoms. The lowest BCUT2D eigenvalue weighted by atomic mass is 10.2. The number of carbonyl (C=O) groups is 2. The maximum atomic E-state index is 11.3. The molecule has 0 atom stereocenters. The molecule has 0 aliphatic heterocycles. The van der Waals surface area contributed by atoms with Gasteiger partial charge in [0.2, 0.25) is 0 Å². The Bertz CT molecular complexity index is 339. The summed E-state index contributed by atoms with van der Waals surface area (Å²) in [6.45, 7) is 7.57. The molecule has 0 saturated carbocycles. The lowest BCUT2D eigenvalue weighted by Crippen LogP contribution is -2.04. The summed E-state index contributed by atoms with van der Waals surface area (Å²) in [5.74, 6) is -0.679. The van der Waals surface area contributed by atoms with E-state index in [9.17, 15) is 9.59 Å². The van der Waals surface area contributed by atoms with Crippen LogP contribution in [0, 0.1) is 0 Å². The van der Waals surface area contributed by atoms with E-state index in [2.05, 4.69) is 0 Å². The molecule has 0 aromatic rings. The van der Waals surface area contributed by atoms with Gasteiger partial charge < -0.3 is 9.47 Å². The third-order valence-electron chi connectivity index (χ3n) is 2.00. The van der Waals surface area contributed by atoms with Gasteiger partial charge in [-0.2, -0.15) is 0 Å². The third-order valence-corrected chi connectivity index (χ3v) is 2.00. The van der Waals surface area contributed by atoms with Gasteiger partial charge in [0.15, 0.2) is 0 Å². The Hall–Kier alpha value is -1.84. The van der Waals surface area contributed by atoms with Gasteiger partial charge in [0.1, 0.15) is 0 Å². The van der Waals surface area contributed by atoms with E-state index in [1.807, 2.05) is 0 Å². The number of carbonyl (C=O) groups excluding carboxylic acids is 2. The molecule has 0 saturated heterocycles. The molecule has 0 N–H and O–H groups in total. The summed E-state index contributed by atoms with van der Waals surface area (Å²) in [5, 5.41) is 0. The Kier molecular flexibility index (Phi) is 8.27. The quantitative estimate of drug-likeness (QED) is 0.414. The normalized spacial score (nSPS) is 12.7. The fourth-order valence-electron chi connectivity index (χ4n) is 1.03. The lowest BCUT2D eigenvalue weighted by Gasteiger charge is -1.99. The summed E-state index contributed by atoms with van der Waals surface area (Å²) in [7, 11) is 0. The van der Waals surface area contributed by atoms with Gasteiger partial charge in [-0.3, -0.25) is 0 Å². The van der Waals surface area contributed by atoms with Gasteiger partial charge in [0, 0.05) is 11.1 Å². The van der Waals surface area contributed by atoms with Crippen LogP contribution in [0.5, 0.6) is 0 Å². The molecule has 0 unspecified atom stereocenters. The van der Waals surface area contributed by atoms with E-state index in [1.165, 1.54) is 0 Å². The molecule has 0 aliphatic carbocycles. The van der Waals surface area contributed by atoms with Crippen molar-refractivity contribution in [3.8, 4) is 0 Å². The van der Waals surface area contributed by atoms with Crippen molar-refractivity contribution >= 4 is 11.9 Å². The van der Waals surface area contributed by atoms with Crippen LogP contribution in [0.3, 0.4) is 0 Å². The average Bonchev–Trinajstić information content (AvgIpc) is 2.34. The Morgan fingerprint density at radius 3 is 1.44 bits per heavy atom. The van der Waals surface area contributed by atoms with Crippen LogP contribution in [0.1, 0.15) is 27.7 Å². The van der Waals surface area contributed by atoms with Crippen LogP contribution in [0.25, 0.3) is 0 Å². The van der Waals surface area contributed by atoms with Crippen molar-refractivity contribution in [2.24, 2.45) is 0 Å². The smallest absolute Gasteiger partial charge is 0.333 e. The fraction of sp³-hybridized carbons (Fsp3) is 0.429. The minimum Gasteiger partial charge on any atom is -0.463 e. The molecule has 100 valence electrons. The number of ether oxygens (including phenoxy) is 2. The molecule has 0 aromatic carbocycles. The minimum atomic E-state index is -0.340. The van der Waals surface area contributed by atoms with Gasteiger partial charge in [0.25, 0.3) is 0 Å². The SMILES string of the molecule is CCOC(=O)/C(C)=C/C=C/C=C(\C)C(=O)OCC. The monoisotopic (exact) mass is 252 g/mol. The van der Waals surface area contributed by atoms with Crippen LogP contribution < -0.4 is 0 Å². The van der Waals surface area contributed by atoms with Crippen molar-refractivity contribution in [2.75, 3.05) is 13.2 Å². The molecule has 0 bridgehead atoms. The first-order valence-electron chi connectivity index (χ1n) is 5.89. The molecule has 0 heterocycles. The summed E-state index contributed by atoms with van der Waals surface area (Å²) in [5.41, 5.74) is 1.02. The Morgan fingerprint density at radius 1 is 0.833 bits per heavy atom. The first-order valence-corrected chi connectivity index (χ1v) is 5.89. The first-order chi connectivity index (χ1) is 8.52. The fourth-order valence-corrected chi connectivity index (χ4v) is 1.03. The summed E-state index contributed by atoms with van der Waals surface area (Å²) < 4.78 is 9.64. The van der Waals surface area contributed by atoms with Crippen LogP contribution in [-0.2, 0) is 19.1 Å². The van der Waals surface area contributed by atoms with Gasteiger partial charge >= 0.3 is 11.9 Å². The third kappa shape index (κ3) is 6.68. The van der Waals surface area contributed by atoms with Crippen molar-refractivity contribution in [3.63, 3.8) is 0 Å². The number of allylic oxidation sites excluding steroid dienone is 4. The summed E-state index contributed by atoms with van der Waals surface area (Å²) in [4.78, 5) is 22.5. The van der Waals surface area contributed by atoms with E-state index < -0.39 is 0 Å². The molecule has 0 radical (unpaired) electrons. The summed E-state index contributed by atoms with van der Waals surface area (Å²) >= 11 is 0. The second kappa shape index (κ2) is 9.22. The van der Waals surface area contributed by atoms with E-state index in [-0.39, 0.29) is 11.9 Å². The highest BCUT2D eigenvalue weighted by Gasteiger charge is 2.02. The van der Waals surface area contributed by atoms with E-state index in [4.69, 9.17) is 9.47 Å². The second-order valence-electron chi connectivity index (χ2n) is 3.53. The van der Waals surface area contributed by atoms with Crippen molar-refractivity contribution < 1.29 is 19.1 Å². The number of rotatable bonds is 6. The van der Waals surface area contributed by atoms with Gasteiger partial charge in [0.05, 0.1) is 13.2 Å². The molecule has 18 heavy (non-hydrogen) atoms. The molecule has 0 fully saturated rings. The van der Waals surface area contributed by atoms with E-state index in [1.54, 1.807) is 52.0 Å². The minimum absolute atomic E-state index is 0.340. The molecule has 4 nitrogen and oxygen atoms in total. The number of hydrogen-bond donors (Lipinski definition) is 0. The van der Waals surface area contributed by atoms with Crippen LogP contribution in [0.4, 0.5) is 0 Å². The van der Waals surface area contributed by atoms with E-state index in [0.29, 0.717) is 24.4 Å². The predicted octanol–water partition coefficient (Wildman–Crippen LogP) is 2.56. The highest BCUT2D eigenvalue weighted by atomic mass is 16.5. The predicted molar refractivity (Wildman–Crippen MR) is 69.9 cm³/mol. The van der Waals surface area contributed by atoms with Crippen molar-refractivity contribution in [3.05, 3.63) is 35.5 Å². The average molecular weight is 252 g/mol. The Morgan fingerprint density at radius 2 is 1.17 bits per heavy atom. The summed E-state index contributed by atoms with van der Waals surface area (Å²) in [6, 6.07) is 0. The van der Waals surface area contributed by atoms with Crippen LogP contribution in [-0.4, -0.2) is 25.2 Å². The van der Waals surface area contributed by atoms with Crippen molar-refractivity contribution in [1.82, 2.24) is 0 Å². The maximum Gasteiger partial charge on any atom is 0.333 e. The summed E-state index contributed by atoms with van der Waals surface area (Å²) in [6.07, 6.45) is 6.61. The van der Waals surface area contributed by atoms with Crippen LogP contribution in [0.2, 0.25) is 0 Å². The molecule has 0 rings (SSSR count). The Balaban J connectivity index is 4.40. The lowest BCUT2D eigenvalue weighted by molar-refractivity contribution is -0.139. The van der Waals surface area contributed by atoms with E-state index >= 15 is 0 Å². The highest BCUT2D eigenvalue weighted by Crippen LogP contribution is 1.99. The number of esters is 2.